The smallest absolute Gasteiger partial charge is 0.333 e. The Balaban J connectivity index is 1.76. The van der Waals surface area contributed by atoms with Gasteiger partial charge < -0.3 is 10.2 Å². The monoisotopic (exact) mass is 441 g/mol. The Bertz CT molecular complexity index is 1250. The molecular weight excluding hydrogens is 414 g/mol. The first-order chi connectivity index (χ1) is 14.9. The topological polar surface area (TPSA) is 89.2 Å². The normalized spacial score (nSPS) is 13.8. The van der Waals surface area contributed by atoms with Gasteiger partial charge in [0.15, 0.2) is 10.8 Å². The molecule has 9 heteroatoms. The van der Waals surface area contributed by atoms with Crippen LogP contribution in [-0.2, 0) is 17.9 Å². The van der Waals surface area contributed by atoms with Crippen LogP contribution >= 0.6 is 11.3 Å². The van der Waals surface area contributed by atoms with E-state index in [1.165, 1.54) is 20.5 Å². The minimum absolute atomic E-state index is 0.199. The van der Waals surface area contributed by atoms with Gasteiger partial charge in [0, 0.05) is 25.3 Å². The number of aryl methyl sites for hydroxylation is 1. The molecule has 0 radical (unpaired) electrons. The molecule has 1 fully saturated rings. The number of hydrogen-bond acceptors (Lipinski definition) is 6. The van der Waals surface area contributed by atoms with Crippen LogP contribution in [0.25, 0.3) is 10.3 Å². The molecule has 1 amide bonds. The number of aromatic nitrogens is 3. The molecule has 3 heterocycles. The van der Waals surface area contributed by atoms with Crippen LogP contribution in [0.4, 0.5) is 10.8 Å². The van der Waals surface area contributed by atoms with Gasteiger partial charge in [-0.3, -0.25) is 18.7 Å². The third kappa shape index (κ3) is 4.01. The van der Waals surface area contributed by atoms with E-state index in [0.717, 1.165) is 42.2 Å². The summed E-state index contributed by atoms with van der Waals surface area (Å²) >= 11 is 1.31. The molecule has 0 bridgehead atoms. The number of rotatable bonds is 6. The predicted octanol–water partition coefficient (Wildman–Crippen LogP) is 2.89. The molecule has 0 spiro atoms. The fourth-order valence-electron chi connectivity index (χ4n) is 3.90. The van der Waals surface area contributed by atoms with Crippen molar-refractivity contribution in [2.75, 3.05) is 23.3 Å². The van der Waals surface area contributed by atoms with Gasteiger partial charge in [-0.15, -0.1) is 0 Å². The van der Waals surface area contributed by atoms with Gasteiger partial charge in [0.25, 0.3) is 5.56 Å². The lowest BCUT2D eigenvalue weighted by molar-refractivity contribution is -0.116. The van der Waals surface area contributed by atoms with Crippen LogP contribution in [-0.4, -0.2) is 33.1 Å². The molecule has 1 saturated heterocycles. The number of hydrogen-bond donors (Lipinski definition) is 1. The van der Waals surface area contributed by atoms with Crippen LogP contribution < -0.4 is 21.5 Å². The number of amides is 1. The summed E-state index contributed by atoms with van der Waals surface area (Å²) < 4.78 is 2.98. The summed E-state index contributed by atoms with van der Waals surface area (Å²) in [6.07, 6.45) is 2.81. The van der Waals surface area contributed by atoms with E-state index in [1.54, 1.807) is 0 Å². The first-order valence-corrected chi connectivity index (χ1v) is 11.5. The van der Waals surface area contributed by atoms with Gasteiger partial charge in [-0.1, -0.05) is 30.4 Å². The number of fused-ring (bicyclic) bond motifs is 1. The molecule has 164 valence electrons. The van der Waals surface area contributed by atoms with E-state index < -0.39 is 5.69 Å². The van der Waals surface area contributed by atoms with E-state index in [9.17, 15) is 14.4 Å². The van der Waals surface area contributed by atoms with Crippen molar-refractivity contribution in [2.24, 2.45) is 0 Å². The van der Waals surface area contributed by atoms with Crippen molar-refractivity contribution in [1.82, 2.24) is 14.1 Å². The lowest BCUT2D eigenvalue weighted by Crippen LogP contribution is -2.41. The average Bonchev–Trinajstić information content (AvgIpc) is 3.42. The van der Waals surface area contributed by atoms with Crippen molar-refractivity contribution in [3.05, 3.63) is 50.2 Å². The predicted molar refractivity (Wildman–Crippen MR) is 124 cm³/mol. The summed E-state index contributed by atoms with van der Waals surface area (Å²) in [5.41, 5.74) is 2.25. The molecular formula is C22H27N5O3S. The summed E-state index contributed by atoms with van der Waals surface area (Å²) in [5.74, 6) is -0.325. The quantitative estimate of drug-likeness (QED) is 0.635. The Morgan fingerprint density at radius 3 is 2.61 bits per heavy atom. The second kappa shape index (κ2) is 8.66. The second-order valence-corrected chi connectivity index (χ2v) is 8.94. The van der Waals surface area contributed by atoms with Crippen LogP contribution in [0.15, 0.2) is 27.8 Å². The summed E-state index contributed by atoms with van der Waals surface area (Å²) in [4.78, 5) is 45.7. The van der Waals surface area contributed by atoms with Gasteiger partial charge in [-0.2, -0.15) is 0 Å². The van der Waals surface area contributed by atoms with E-state index in [2.05, 4.69) is 15.2 Å². The molecule has 4 rings (SSSR count). The zero-order chi connectivity index (χ0) is 22.1. The Morgan fingerprint density at radius 2 is 1.90 bits per heavy atom. The molecule has 1 aromatic carbocycles. The minimum Gasteiger partial charge on any atom is -0.348 e. The Labute approximate surface area is 184 Å². The van der Waals surface area contributed by atoms with Crippen molar-refractivity contribution in [1.29, 1.82) is 0 Å². The van der Waals surface area contributed by atoms with Crippen LogP contribution in [0.5, 0.6) is 0 Å². The molecule has 1 aliphatic rings. The average molecular weight is 442 g/mol. The Hall–Kier alpha value is -2.94. The summed E-state index contributed by atoms with van der Waals surface area (Å²) in [7, 11) is 0. The SMILES string of the molecule is CCCn1c(=O)c2sc(N3CCCC3)nc2n(CC(=O)Nc2cccc(C)c2C)c1=O. The highest BCUT2D eigenvalue weighted by atomic mass is 32.1. The lowest BCUT2D eigenvalue weighted by Gasteiger charge is -2.13. The van der Waals surface area contributed by atoms with E-state index >= 15 is 0 Å². The number of benzene rings is 1. The van der Waals surface area contributed by atoms with Gasteiger partial charge >= 0.3 is 5.69 Å². The summed E-state index contributed by atoms with van der Waals surface area (Å²) in [6.45, 7) is 7.73. The largest absolute Gasteiger partial charge is 0.348 e. The van der Waals surface area contributed by atoms with E-state index in [4.69, 9.17) is 0 Å². The maximum absolute atomic E-state index is 13.1. The standard InChI is InChI=1S/C22H27N5O3S/c1-4-10-26-20(29)18-19(24-21(31-18)25-11-5-6-12-25)27(22(26)30)13-17(28)23-16-9-7-8-14(2)15(16)3/h7-9H,4-6,10-13H2,1-3H3,(H,23,28). The molecule has 1 N–H and O–H groups in total. The Kier molecular flexibility index (Phi) is 5.95. The summed E-state index contributed by atoms with van der Waals surface area (Å²) in [5, 5.41) is 3.64. The molecule has 0 aliphatic carbocycles. The fraction of sp³-hybridized carbons (Fsp3) is 0.455. The van der Waals surface area contributed by atoms with Crippen molar-refractivity contribution in [3.8, 4) is 0 Å². The minimum atomic E-state index is -0.492. The molecule has 0 atom stereocenters. The molecule has 2 aromatic heterocycles. The molecule has 0 unspecified atom stereocenters. The van der Waals surface area contributed by atoms with E-state index in [1.807, 2.05) is 39.0 Å². The third-order valence-electron chi connectivity index (χ3n) is 5.76. The number of carbonyl (C=O) groups is 1. The van der Waals surface area contributed by atoms with Crippen LogP contribution in [0.1, 0.15) is 37.3 Å². The van der Waals surface area contributed by atoms with Crippen LogP contribution in [0, 0.1) is 13.8 Å². The van der Waals surface area contributed by atoms with Crippen molar-refractivity contribution >= 4 is 38.4 Å². The zero-order valence-electron chi connectivity index (χ0n) is 18.1. The highest BCUT2D eigenvalue weighted by Gasteiger charge is 2.23. The van der Waals surface area contributed by atoms with Crippen LogP contribution in [0.2, 0.25) is 0 Å². The molecule has 3 aromatic rings. The molecule has 0 saturated carbocycles. The maximum atomic E-state index is 13.1. The van der Waals surface area contributed by atoms with Crippen LogP contribution in [0.3, 0.4) is 0 Å². The number of nitrogens with one attached hydrogen (secondary N) is 1. The van der Waals surface area contributed by atoms with Crippen molar-refractivity contribution < 1.29 is 4.79 Å². The summed E-state index contributed by atoms with van der Waals surface area (Å²) in [6, 6.07) is 5.70. The zero-order valence-corrected chi connectivity index (χ0v) is 18.9. The molecule has 8 nitrogen and oxygen atoms in total. The van der Waals surface area contributed by atoms with Gasteiger partial charge in [-0.25, -0.2) is 9.78 Å². The van der Waals surface area contributed by atoms with Gasteiger partial charge in [0.05, 0.1) is 0 Å². The molecule has 1 aliphatic heterocycles. The van der Waals surface area contributed by atoms with E-state index in [-0.39, 0.29) is 18.0 Å². The number of thiazole rings is 1. The maximum Gasteiger partial charge on any atom is 0.333 e. The molecule has 31 heavy (non-hydrogen) atoms. The van der Waals surface area contributed by atoms with Crippen molar-refractivity contribution in [2.45, 2.75) is 53.1 Å². The second-order valence-electron chi connectivity index (χ2n) is 7.96. The van der Waals surface area contributed by atoms with E-state index in [0.29, 0.717) is 29.0 Å². The lowest BCUT2D eigenvalue weighted by atomic mass is 10.1. The number of nitrogens with zero attached hydrogens (tertiary/aromatic N) is 4. The fourth-order valence-corrected chi connectivity index (χ4v) is 4.97. The first-order valence-electron chi connectivity index (χ1n) is 10.7. The van der Waals surface area contributed by atoms with Gasteiger partial charge in [-0.05, 0) is 50.3 Å². The van der Waals surface area contributed by atoms with Crippen molar-refractivity contribution in [3.63, 3.8) is 0 Å². The third-order valence-corrected chi connectivity index (χ3v) is 6.85. The highest BCUT2D eigenvalue weighted by Crippen LogP contribution is 2.28. The Morgan fingerprint density at radius 1 is 1.16 bits per heavy atom. The first kappa shape index (κ1) is 21.3. The van der Waals surface area contributed by atoms with Gasteiger partial charge in [0.2, 0.25) is 5.91 Å². The number of carbonyl (C=O) groups excluding carboxylic acids is 1. The number of anilines is 2. The highest BCUT2D eigenvalue weighted by molar-refractivity contribution is 7.22. The van der Waals surface area contributed by atoms with Gasteiger partial charge in [0.1, 0.15) is 11.2 Å².